The lowest BCUT2D eigenvalue weighted by Crippen LogP contribution is -2.51. The summed E-state index contributed by atoms with van der Waals surface area (Å²) in [6, 6.07) is 6.86. The minimum Gasteiger partial charge on any atom is -0.453 e. The van der Waals surface area contributed by atoms with E-state index in [-0.39, 0.29) is 38.4 Å². The molecule has 222 valence electrons. The van der Waals surface area contributed by atoms with E-state index in [2.05, 4.69) is 31.2 Å². The van der Waals surface area contributed by atoms with Gasteiger partial charge < -0.3 is 19.9 Å². The third-order valence-electron chi connectivity index (χ3n) is 8.72. The van der Waals surface area contributed by atoms with Gasteiger partial charge in [-0.05, 0) is 59.9 Å². The van der Waals surface area contributed by atoms with Gasteiger partial charge >= 0.3 is 17.9 Å². The number of carbonyl (C=O) groups excluding carboxylic acids is 2. The van der Waals surface area contributed by atoms with Crippen LogP contribution in [0.5, 0.6) is 0 Å². The summed E-state index contributed by atoms with van der Waals surface area (Å²) in [6.45, 7) is 4.16. The van der Waals surface area contributed by atoms with Crippen molar-refractivity contribution < 1.29 is 31.9 Å². The van der Waals surface area contributed by atoms with Gasteiger partial charge in [-0.25, -0.2) is 9.78 Å². The monoisotopic (exact) mass is 648 g/mol. The number of likely N-dealkylation sites (tertiary alicyclic amines) is 1. The molecule has 2 aliphatic carbocycles. The molecule has 2 atom stereocenters. The Labute approximate surface area is 248 Å². The first-order chi connectivity index (χ1) is 19.8. The molecule has 6 rings (SSSR count). The SMILES string of the molecule is COC(=O)N[C@H](C(=O)N1CC2(CC2)C[C@H]1c1ncc(-c2ccc3c(c2)C(F)(F)C(F)(F)c2cc(Br)ccc2-3)[nH]1)C(C)C. The number of methoxy groups -OCH3 is 1. The maximum atomic E-state index is 15.3. The fraction of sp³-hybridized carbons (Fsp3) is 0.433. The van der Waals surface area contributed by atoms with Crippen LogP contribution in [0.3, 0.4) is 0 Å². The number of alkyl halides is 4. The first-order valence-electron chi connectivity index (χ1n) is 13.7. The van der Waals surface area contributed by atoms with Gasteiger partial charge in [0.15, 0.2) is 0 Å². The van der Waals surface area contributed by atoms with E-state index in [0.717, 1.165) is 25.0 Å². The molecule has 3 aliphatic rings. The van der Waals surface area contributed by atoms with E-state index in [0.29, 0.717) is 24.5 Å². The van der Waals surface area contributed by atoms with Crippen LogP contribution in [-0.4, -0.2) is 46.6 Å². The van der Waals surface area contributed by atoms with Gasteiger partial charge in [0.25, 0.3) is 0 Å². The molecule has 2 heterocycles. The van der Waals surface area contributed by atoms with Crippen molar-refractivity contribution in [3.63, 3.8) is 0 Å². The summed E-state index contributed by atoms with van der Waals surface area (Å²) in [6.07, 6.45) is 3.35. The number of alkyl carbamates (subject to hydrolysis) is 1. The number of hydrogen-bond acceptors (Lipinski definition) is 4. The van der Waals surface area contributed by atoms with Crippen molar-refractivity contribution in [2.45, 2.75) is 57.0 Å². The lowest BCUT2D eigenvalue weighted by atomic mass is 9.80. The third-order valence-corrected chi connectivity index (χ3v) is 9.22. The molecule has 0 unspecified atom stereocenters. The number of imidazole rings is 1. The lowest BCUT2D eigenvalue weighted by Gasteiger charge is -2.35. The number of H-pyrrole nitrogens is 1. The lowest BCUT2D eigenvalue weighted by molar-refractivity contribution is -0.225. The second-order valence-electron chi connectivity index (χ2n) is 11.8. The van der Waals surface area contributed by atoms with Crippen LogP contribution in [0.2, 0.25) is 0 Å². The van der Waals surface area contributed by atoms with Gasteiger partial charge in [0.2, 0.25) is 5.91 Å². The van der Waals surface area contributed by atoms with Crippen LogP contribution < -0.4 is 5.32 Å². The average molecular weight is 649 g/mol. The molecule has 0 bridgehead atoms. The molecule has 1 saturated carbocycles. The highest BCUT2D eigenvalue weighted by molar-refractivity contribution is 9.10. The normalized spacial score (nSPS) is 21.5. The second-order valence-corrected chi connectivity index (χ2v) is 12.7. The highest BCUT2D eigenvalue weighted by Gasteiger charge is 2.63. The molecular formula is C30H29BrF4N4O3. The van der Waals surface area contributed by atoms with Gasteiger partial charge in [0.05, 0.1) is 25.0 Å². The van der Waals surface area contributed by atoms with Crippen molar-refractivity contribution in [3.05, 3.63) is 64.0 Å². The molecule has 1 aromatic heterocycles. The Morgan fingerprint density at radius 2 is 1.71 bits per heavy atom. The van der Waals surface area contributed by atoms with Gasteiger partial charge in [-0.15, -0.1) is 0 Å². The summed E-state index contributed by atoms with van der Waals surface area (Å²) in [4.78, 5) is 35.0. The van der Waals surface area contributed by atoms with Crippen molar-refractivity contribution in [2.75, 3.05) is 13.7 Å². The topological polar surface area (TPSA) is 87.3 Å². The van der Waals surface area contributed by atoms with Crippen molar-refractivity contribution in [2.24, 2.45) is 11.3 Å². The van der Waals surface area contributed by atoms with E-state index < -0.39 is 41.1 Å². The summed E-state index contributed by atoms with van der Waals surface area (Å²) < 4.78 is 66.0. The minimum atomic E-state index is -4.44. The fourth-order valence-electron chi connectivity index (χ4n) is 6.16. The summed E-state index contributed by atoms with van der Waals surface area (Å²) >= 11 is 3.11. The van der Waals surface area contributed by atoms with Crippen molar-refractivity contribution >= 4 is 27.9 Å². The van der Waals surface area contributed by atoms with E-state index in [4.69, 9.17) is 4.74 Å². The Kier molecular flexibility index (Phi) is 6.71. The van der Waals surface area contributed by atoms with E-state index in [1.165, 1.54) is 25.4 Å². The molecule has 1 spiro atoms. The standard InChI is InChI=1S/C30H29BrF4N4O3/c1-15(2)24(38-27(41)42-3)26(40)39-14-28(8-9-28)12-23(39)25-36-13-22(37-25)16-4-6-18-19-7-5-17(31)11-21(19)30(34,35)29(32,33)20(18)10-16/h4-7,10-11,13,15,23-24H,8-9,12,14H2,1-3H3,(H,36,37)(H,38,41)/t23-,24-/m0/s1. The molecule has 2 N–H and O–H groups in total. The maximum absolute atomic E-state index is 15.3. The Morgan fingerprint density at radius 3 is 2.33 bits per heavy atom. The number of rotatable bonds is 5. The Bertz CT molecular complexity index is 1590. The number of halogens is 5. The van der Waals surface area contributed by atoms with Gasteiger partial charge in [0.1, 0.15) is 11.9 Å². The molecule has 0 radical (unpaired) electrons. The third kappa shape index (κ3) is 4.49. The van der Waals surface area contributed by atoms with E-state index >= 15 is 17.6 Å². The zero-order valence-electron chi connectivity index (χ0n) is 23.1. The van der Waals surface area contributed by atoms with Crippen LogP contribution in [0.15, 0.2) is 47.1 Å². The quantitative estimate of drug-likeness (QED) is 0.288. The van der Waals surface area contributed by atoms with E-state index in [1.54, 1.807) is 17.0 Å². The molecule has 2 amide bonds. The van der Waals surface area contributed by atoms with Crippen molar-refractivity contribution in [3.8, 4) is 22.4 Å². The van der Waals surface area contributed by atoms with Gasteiger partial charge in [-0.3, -0.25) is 4.79 Å². The van der Waals surface area contributed by atoms with Crippen LogP contribution in [-0.2, 0) is 21.4 Å². The van der Waals surface area contributed by atoms with E-state index in [1.807, 2.05) is 13.8 Å². The minimum absolute atomic E-state index is 0.0259. The summed E-state index contributed by atoms with van der Waals surface area (Å²) in [5.41, 5.74) is -0.790. The Balaban J connectivity index is 1.34. The number of aromatic nitrogens is 2. The molecular weight excluding hydrogens is 620 g/mol. The maximum Gasteiger partial charge on any atom is 0.407 e. The Morgan fingerprint density at radius 1 is 1.07 bits per heavy atom. The predicted octanol–water partition coefficient (Wildman–Crippen LogP) is 7.14. The number of amides is 2. The highest BCUT2D eigenvalue weighted by Crippen LogP contribution is 2.60. The largest absolute Gasteiger partial charge is 0.453 e. The number of nitrogens with one attached hydrogen (secondary N) is 2. The smallest absolute Gasteiger partial charge is 0.407 e. The number of nitrogens with zero attached hydrogens (tertiary/aromatic N) is 2. The van der Waals surface area contributed by atoms with Gasteiger partial charge in [-0.2, -0.15) is 17.6 Å². The molecule has 1 aliphatic heterocycles. The van der Waals surface area contributed by atoms with Gasteiger partial charge in [-0.1, -0.05) is 48.0 Å². The summed E-state index contributed by atoms with van der Waals surface area (Å²) in [5, 5.41) is 2.63. The molecule has 7 nitrogen and oxygen atoms in total. The number of benzene rings is 2. The molecule has 2 fully saturated rings. The number of carbonyl (C=O) groups is 2. The molecule has 1 saturated heterocycles. The highest BCUT2D eigenvalue weighted by atomic mass is 79.9. The zero-order valence-corrected chi connectivity index (χ0v) is 24.7. The number of fused-ring (bicyclic) bond motifs is 3. The van der Waals surface area contributed by atoms with Crippen LogP contribution in [0, 0.1) is 11.3 Å². The predicted molar refractivity (Wildman–Crippen MR) is 150 cm³/mol. The fourth-order valence-corrected chi connectivity index (χ4v) is 6.52. The van der Waals surface area contributed by atoms with Crippen molar-refractivity contribution in [1.82, 2.24) is 20.2 Å². The first-order valence-corrected chi connectivity index (χ1v) is 14.5. The average Bonchev–Trinajstić information content (AvgIpc) is 3.35. The molecule has 3 aromatic rings. The molecule has 12 heteroatoms. The van der Waals surface area contributed by atoms with Crippen molar-refractivity contribution in [1.29, 1.82) is 0 Å². The Hall–Kier alpha value is -3.41. The number of ether oxygens (including phenoxy) is 1. The zero-order chi connectivity index (χ0) is 30.2. The summed E-state index contributed by atoms with van der Waals surface area (Å²) in [7, 11) is 1.23. The molecule has 42 heavy (non-hydrogen) atoms. The number of hydrogen-bond donors (Lipinski definition) is 2. The summed E-state index contributed by atoms with van der Waals surface area (Å²) in [5.74, 6) is -8.86. The van der Waals surface area contributed by atoms with Gasteiger partial charge in [0, 0.05) is 27.7 Å². The first kappa shape index (κ1) is 28.7. The van der Waals surface area contributed by atoms with Crippen LogP contribution >= 0.6 is 15.9 Å². The number of aromatic amines is 1. The van der Waals surface area contributed by atoms with Crippen LogP contribution in [0.1, 0.15) is 56.1 Å². The van der Waals surface area contributed by atoms with E-state index in [9.17, 15) is 9.59 Å². The molecule has 2 aromatic carbocycles. The van der Waals surface area contributed by atoms with Crippen LogP contribution in [0.4, 0.5) is 22.4 Å². The van der Waals surface area contributed by atoms with Crippen LogP contribution in [0.25, 0.3) is 22.4 Å². The second kappa shape index (κ2) is 9.82.